The lowest BCUT2D eigenvalue weighted by Crippen LogP contribution is -2.20. The van der Waals surface area contributed by atoms with Crippen LogP contribution in [0.25, 0.3) is 0 Å². The van der Waals surface area contributed by atoms with Crippen molar-refractivity contribution >= 4 is 0 Å². The molecule has 0 amide bonds. The molecule has 0 aromatic carbocycles. The Balaban J connectivity index is 3.04. The van der Waals surface area contributed by atoms with E-state index >= 15 is 0 Å². The van der Waals surface area contributed by atoms with Gasteiger partial charge in [-0.25, -0.2) is 5.53 Å². The first-order valence-electron chi connectivity index (χ1n) is 3.40. The smallest absolute Gasteiger partial charge is 0.0611 e. The summed E-state index contributed by atoms with van der Waals surface area (Å²) in [6.07, 6.45) is 3.03. The predicted molar refractivity (Wildman–Crippen MR) is 37.5 cm³/mol. The molecule has 0 bridgehead atoms. The molecule has 0 aliphatic rings. The van der Waals surface area contributed by atoms with Crippen LogP contribution in [0, 0.1) is 5.53 Å². The van der Waals surface area contributed by atoms with Crippen molar-refractivity contribution in [3.63, 3.8) is 0 Å². The molecule has 9 heavy (non-hydrogen) atoms. The topological polar surface area (TPSA) is 62.2 Å². The summed E-state index contributed by atoms with van der Waals surface area (Å²) in [5.41, 5.74) is 12.1. The van der Waals surface area contributed by atoms with Crippen LogP contribution in [0.5, 0.6) is 0 Å². The number of nitrogens with one attached hydrogen (secondary N) is 1. The highest BCUT2D eigenvalue weighted by Gasteiger charge is 1.97. The summed E-state index contributed by atoms with van der Waals surface area (Å²) < 4.78 is 0. The van der Waals surface area contributed by atoms with Crippen LogP contribution in [-0.4, -0.2) is 12.6 Å². The monoisotopic (exact) mass is 129 g/mol. The van der Waals surface area contributed by atoms with Gasteiger partial charge in [0.05, 0.1) is 6.54 Å². The molecule has 0 aliphatic heterocycles. The first-order chi connectivity index (χ1) is 4.31. The molecule has 0 saturated heterocycles. The zero-order valence-corrected chi connectivity index (χ0v) is 5.93. The second kappa shape index (κ2) is 5.69. The van der Waals surface area contributed by atoms with Gasteiger partial charge in [-0.15, -0.1) is 0 Å². The summed E-state index contributed by atoms with van der Waals surface area (Å²) >= 11 is 0. The third-order valence-electron chi connectivity index (χ3n) is 1.27. The van der Waals surface area contributed by atoms with Gasteiger partial charge in [0, 0.05) is 6.04 Å². The summed E-state index contributed by atoms with van der Waals surface area (Å²) in [5, 5.41) is 3.23. The number of hydrogen-bond donors (Lipinski definition) is 2. The minimum Gasteiger partial charge on any atom is -0.328 e. The fraction of sp³-hybridized carbons (Fsp3) is 1.00. The molecule has 3 N–H and O–H groups in total. The van der Waals surface area contributed by atoms with Gasteiger partial charge in [-0.05, 0) is 12.8 Å². The van der Waals surface area contributed by atoms with E-state index in [4.69, 9.17) is 11.3 Å². The van der Waals surface area contributed by atoms with Crippen molar-refractivity contribution in [1.29, 1.82) is 5.53 Å². The fourth-order valence-electron chi connectivity index (χ4n) is 0.746. The summed E-state index contributed by atoms with van der Waals surface area (Å²) in [6.45, 7) is 2.69. The second-order valence-electron chi connectivity index (χ2n) is 2.22. The quantitative estimate of drug-likeness (QED) is 0.543. The number of rotatable bonds is 5. The number of hydrogen-bond acceptors (Lipinski definition) is 3. The Kier molecular flexibility index (Phi) is 5.41. The zero-order chi connectivity index (χ0) is 7.11. The summed E-state index contributed by atoms with van der Waals surface area (Å²) in [5.74, 6) is 0. The SMILES string of the molecule is CCCC(N)CCN=N. The fourth-order valence-corrected chi connectivity index (χ4v) is 0.746. The highest BCUT2D eigenvalue weighted by Crippen LogP contribution is 1.97. The van der Waals surface area contributed by atoms with E-state index in [0.29, 0.717) is 6.54 Å². The normalized spacial score (nSPS) is 13.1. The molecule has 54 valence electrons. The van der Waals surface area contributed by atoms with Crippen LogP contribution in [0.1, 0.15) is 26.2 Å². The van der Waals surface area contributed by atoms with Gasteiger partial charge in [0.1, 0.15) is 0 Å². The Hall–Kier alpha value is -0.440. The van der Waals surface area contributed by atoms with Crippen LogP contribution in [0.15, 0.2) is 5.11 Å². The predicted octanol–water partition coefficient (Wildman–Crippen LogP) is 1.53. The maximum Gasteiger partial charge on any atom is 0.0611 e. The molecule has 1 atom stereocenters. The lowest BCUT2D eigenvalue weighted by Gasteiger charge is -2.05. The average Bonchev–Trinajstić information content (AvgIpc) is 1.85. The molecule has 3 nitrogen and oxygen atoms in total. The van der Waals surface area contributed by atoms with Crippen LogP contribution < -0.4 is 5.73 Å². The van der Waals surface area contributed by atoms with Gasteiger partial charge in [0.15, 0.2) is 0 Å². The van der Waals surface area contributed by atoms with E-state index < -0.39 is 0 Å². The third-order valence-corrected chi connectivity index (χ3v) is 1.27. The Labute approximate surface area is 56.1 Å². The lowest BCUT2D eigenvalue weighted by atomic mass is 10.1. The minimum absolute atomic E-state index is 0.254. The average molecular weight is 129 g/mol. The van der Waals surface area contributed by atoms with Crippen molar-refractivity contribution in [2.45, 2.75) is 32.2 Å². The zero-order valence-electron chi connectivity index (χ0n) is 5.93. The maximum atomic E-state index is 6.50. The van der Waals surface area contributed by atoms with Crippen molar-refractivity contribution in [3.8, 4) is 0 Å². The van der Waals surface area contributed by atoms with Gasteiger partial charge in [-0.2, -0.15) is 5.11 Å². The van der Waals surface area contributed by atoms with E-state index in [0.717, 1.165) is 19.3 Å². The van der Waals surface area contributed by atoms with E-state index in [9.17, 15) is 0 Å². The third kappa shape index (κ3) is 5.43. The molecule has 0 spiro atoms. The molecule has 0 aliphatic carbocycles. The van der Waals surface area contributed by atoms with Gasteiger partial charge in [-0.3, -0.25) is 0 Å². The van der Waals surface area contributed by atoms with E-state index in [-0.39, 0.29) is 6.04 Å². The molecule has 1 unspecified atom stereocenters. The maximum absolute atomic E-state index is 6.50. The molecular weight excluding hydrogens is 114 g/mol. The highest BCUT2D eigenvalue weighted by molar-refractivity contribution is 4.59. The largest absolute Gasteiger partial charge is 0.328 e. The number of nitrogens with zero attached hydrogens (tertiary/aromatic N) is 1. The molecule has 0 radical (unpaired) electrons. The Bertz CT molecular complexity index is 72.7. The van der Waals surface area contributed by atoms with Gasteiger partial charge in [-0.1, -0.05) is 13.3 Å². The van der Waals surface area contributed by atoms with E-state index in [1.54, 1.807) is 0 Å². The van der Waals surface area contributed by atoms with Crippen LogP contribution >= 0.6 is 0 Å². The van der Waals surface area contributed by atoms with Crippen LogP contribution in [-0.2, 0) is 0 Å². The molecule has 0 heterocycles. The van der Waals surface area contributed by atoms with Gasteiger partial charge >= 0.3 is 0 Å². The first-order valence-corrected chi connectivity index (χ1v) is 3.40. The standard InChI is InChI=1S/C6H15N3/c1-2-3-6(7)4-5-9-8/h6,8H,2-5,7H2,1H3. The summed E-state index contributed by atoms with van der Waals surface area (Å²) in [7, 11) is 0. The Morgan fingerprint density at radius 1 is 1.56 bits per heavy atom. The summed E-state index contributed by atoms with van der Waals surface area (Å²) in [4.78, 5) is 0. The molecule has 0 fully saturated rings. The molecule has 3 heteroatoms. The van der Waals surface area contributed by atoms with E-state index in [1.165, 1.54) is 0 Å². The Morgan fingerprint density at radius 2 is 2.22 bits per heavy atom. The molecule has 0 aromatic heterocycles. The van der Waals surface area contributed by atoms with Crippen LogP contribution in [0.4, 0.5) is 0 Å². The van der Waals surface area contributed by atoms with Crippen LogP contribution in [0.3, 0.4) is 0 Å². The van der Waals surface area contributed by atoms with Crippen molar-refractivity contribution in [1.82, 2.24) is 0 Å². The molecule has 0 rings (SSSR count). The first kappa shape index (κ1) is 8.56. The van der Waals surface area contributed by atoms with Crippen molar-refractivity contribution in [2.24, 2.45) is 10.8 Å². The van der Waals surface area contributed by atoms with Gasteiger partial charge in [0.25, 0.3) is 0 Å². The molecule has 0 aromatic rings. The van der Waals surface area contributed by atoms with Crippen LogP contribution in [0.2, 0.25) is 0 Å². The molecule has 0 saturated carbocycles. The van der Waals surface area contributed by atoms with Gasteiger partial charge < -0.3 is 5.73 Å². The van der Waals surface area contributed by atoms with Crippen molar-refractivity contribution in [3.05, 3.63) is 0 Å². The second-order valence-corrected chi connectivity index (χ2v) is 2.22. The van der Waals surface area contributed by atoms with Crippen molar-refractivity contribution < 1.29 is 0 Å². The lowest BCUT2D eigenvalue weighted by molar-refractivity contribution is 0.560. The van der Waals surface area contributed by atoms with E-state index in [2.05, 4.69) is 12.0 Å². The van der Waals surface area contributed by atoms with Crippen molar-refractivity contribution in [2.75, 3.05) is 6.54 Å². The van der Waals surface area contributed by atoms with Gasteiger partial charge in [0.2, 0.25) is 0 Å². The highest BCUT2D eigenvalue weighted by atomic mass is 14.9. The Morgan fingerprint density at radius 3 is 2.67 bits per heavy atom. The minimum atomic E-state index is 0.254. The molecular formula is C6H15N3. The summed E-state index contributed by atoms with van der Waals surface area (Å²) in [6, 6.07) is 0.254. The van der Waals surface area contributed by atoms with E-state index in [1.807, 2.05) is 0 Å². The number of nitrogens with two attached hydrogens (primary N) is 1.